The van der Waals surface area contributed by atoms with Gasteiger partial charge in [-0.15, -0.1) is 0 Å². The first-order valence-electron chi connectivity index (χ1n) is 5.65. The number of unbranched alkanes of at least 4 members (excludes halogenated alkanes) is 1. The highest BCUT2D eigenvalue weighted by molar-refractivity contribution is 5.89. The van der Waals surface area contributed by atoms with Crippen LogP contribution in [0.3, 0.4) is 0 Å². The van der Waals surface area contributed by atoms with E-state index in [0.717, 1.165) is 6.42 Å². The number of carbonyl (C=O) groups excluding carboxylic acids is 2. The third-order valence-corrected chi connectivity index (χ3v) is 2.33. The van der Waals surface area contributed by atoms with E-state index >= 15 is 0 Å². The molecule has 0 saturated heterocycles. The summed E-state index contributed by atoms with van der Waals surface area (Å²) in [5.41, 5.74) is 15.8. The van der Waals surface area contributed by atoms with Gasteiger partial charge in [-0.3, -0.25) is 9.59 Å². The van der Waals surface area contributed by atoms with Crippen molar-refractivity contribution >= 4 is 17.8 Å². The van der Waals surface area contributed by atoms with E-state index in [9.17, 15) is 14.4 Å². The summed E-state index contributed by atoms with van der Waals surface area (Å²) in [7, 11) is 0. The monoisotopic (exact) mass is 260 g/mol. The third kappa shape index (κ3) is 6.81. The summed E-state index contributed by atoms with van der Waals surface area (Å²) < 4.78 is 0. The second-order valence-corrected chi connectivity index (χ2v) is 3.96. The van der Waals surface area contributed by atoms with Gasteiger partial charge in [-0.2, -0.15) is 0 Å². The van der Waals surface area contributed by atoms with Crippen LogP contribution in [0.2, 0.25) is 0 Å². The van der Waals surface area contributed by atoms with Crippen LogP contribution < -0.4 is 22.5 Å². The van der Waals surface area contributed by atoms with Crippen molar-refractivity contribution in [2.75, 3.05) is 6.54 Å². The molecule has 0 aliphatic carbocycles. The zero-order valence-electron chi connectivity index (χ0n) is 10.1. The van der Waals surface area contributed by atoms with Crippen LogP contribution in [-0.2, 0) is 14.4 Å². The highest BCUT2D eigenvalue weighted by Gasteiger charge is 2.24. The van der Waals surface area contributed by atoms with Gasteiger partial charge in [0.1, 0.15) is 6.04 Å². The quantitative estimate of drug-likeness (QED) is 0.298. The highest BCUT2D eigenvalue weighted by Crippen LogP contribution is 2.00. The Labute approximate surface area is 105 Å². The molecule has 18 heavy (non-hydrogen) atoms. The normalized spacial score (nSPS) is 13.7. The Balaban J connectivity index is 4.23. The highest BCUT2D eigenvalue weighted by atomic mass is 16.4. The van der Waals surface area contributed by atoms with Crippen molar-refractivity contribution in [1.29, 1.82) is 0 Å². The van der Waals surface area contributed by atoms with Crippen molar-refractivity contribution in [1.82, 2.24) is 5.32 Å². The van der Waals surface area contributed by atoms with E-state index in [2.05, 4.69) is 5.32 Å². The molecular weight excluding hydrogens is 240 g/mol. The molecule has 0 bridgehead atoms. The average molecular weight is 260 g/mol. The number of amides is 2. The number of carbonyl (C=O) groups is 3. The summed E-state index contributed by atoms with van der Waals surface area (Å²) in [5.74, 6) is -2.74. The molecule has 104 valence electrons. The van der Waals surface area contributed by atoms with Gasteiger partial charge in [0.2, 0.25) is 11.8 Å². The molecule has 0 aromatic rings. The number of hydrogen-bond donors (Lipinski definition) is 5. The van der Waals surface area contributed by atoms with Gasteiger partial charge in [-0.25, -0.2) is 4.79 Å². The number of carboxylic acid groups (broad SMARTS) is 1. The molecular formula is C10H20N4O4. The maximum atomic E-state index is 11.6. The molecule has 0 aliphatic rings. The van der Waals surface area contributed by atoms with Crippen molar-refractivity contribution in [2.24, 2.45) is 17.2 Å². The first-order chi connectivity index (χ1) is 8.38. The first-order valence-corrected chi connectivity index (χ1v) is 5.65. The van der Waals surface area contributed by atoms with E-state index in [1.807, 2.05) is 0 Å². The fraction of sp³-hybridized carbons (Fsp3) is 0.700. The number of carboxylic acids is 1. The molecule has 0 radical (unpaired) electrons. The molecule has 0 aromatic carbocycles. The largest absolute Gasteiger partial charge is 0.480 e. The summed E-state index contributed by atoms with van der Waals surface area (Å²) in [6.07, 6.45) is 1.37. The molecule has 8 nitrogen and oxygen atoms in total. The Bertz CT molecular complexity index is 308. The van der Waals surface area contributed by atoms with Crippen LogP contribution in [0.4, 0.5) is 0 Å². The summed E-state index contributed by atoms with van der Waals surface area (Å²) in [6, 6.07) is -2.15. The van der Waals surface area contributed by atoms with Gasteiger partial charge in [-0.05, 0) is 19.4 Å². The van der Waals surface area contributed by atoms with E-state index in [1.165, 1.54) is 0 Å². The van der Waals surface area contributed by atoms with Gasteiger partial charge in [0.05, 0.1) is 12.5 Å². The summed E-state index contributed by atoms with van der Waals surface area (Å²) in [5, 5.41) is 11.0. The van der Waals surface area contributed by atoms with Crippen molar-refractivity contribution in [3.63, 3.8) is 0 Å². The van der Waals surface area contributed by atoms with E-state index in [1.54, 1.807) is 0 Å². The lowest BCUT2D eigenvalue weighted by Gasteiger charge is -2.16. The molecule has 0 aromatic heterocycles. The van der Waals surface area contributed by atoms with E-state index in [-0.39, 0.29) is 0 Å². The van der Waals surface area contributed by atoms with Crippen molar-refractivity contribution < 1.29 is 19.5 Å². The predicted octanol–water partition coefficient (Wildman–Crippen LogP) is -2.11. The molecule has 0 saturated carbocycles. The number of aliphatic carboxylic acids is 1. The Morgan fingerprint density at radius 2 is 1.83 bits per heavy atom. The molecule has 2 amide bonds. The molecule has 0 rings (SSSR count). The Kier molecular flexibility index (Phi) is 7.64. The first kappa shape index (κ1) is 16.3. The maximum absolute atomic E-state index is 11.6. The van der Waals surface area contributed by atoms with Crippen molar-refractivity contribution in [3.8, 4) is 0 Å². The van der Waals surface area contributed by atoms with E-state index < -0.39 is 36.3 Å². The topological polar surface area (TPSA) is 162 Å². The minimum absolute atomic E-state index is 0.409. The van der Waals surface area contributed by atoms with Crippen molar-refractivity contribution in [3.05, 3.63) is 0 Å². The predicted molar refractivity (Wildman–Crippen MR) is 64.3 cm³/mol. The SMILES string of the molecule is NCCCCC(N)C(=O)NC(CC(N)=O)C(=O)O. The molecule has 0 fully saturated rings. The smallest absolute Gasteiger partial charge is 0.326 e. The Morgan fingerprint density at radius 1 is 1.22 bits per heavy atom. The number of nitrogens with two attached hydrogens (primary N) is 3. The molecule has 8 heteroatoms. The maximum Gasteiger partial charge on any atom is 0.326 e. The average Bonchev–Trinajstić information content (AvgIpc) is 2.27. The van der Waals surface area contributed by atoms with Gasteiger partial charge in [0.25, 0.3) is 0 Å². The van der Waals surface area contributed by atoms with Crippen LogP contribution in [0, 0.1) is 0 Å². The number of rotatable bonds is 9. The molecule has 0 aliphatic heterocycles. The zero-order chi connectivity index (χ0) is 14.1. The van der Waals surface area contributed by atoms with Gasteiger partial charge < -0.3 is 27.6 Å². The number of primary amides is 1. The van der Waals surface area contributed by atoms with Crippen LogP contribution >= 0.6 is 0 Å². The Hall–Kier alpha value is -1.67. The molecule has 0 spiro atoms. The lowest BCUT2D eigenvalue weighted by atomic mass is 10.1. The molecule has 2 atom stereocenters. The third-order valence-electron chi connectivity index (χ3n) is 2.33. The molecule has 2 unspecified atom stereocenters. The minimum atomic E-state index is -1.34. The summed E-state index contributed by atoms with van der Waals surface area (Å²) in [4.78, 5) is 33.0. The summed E-state index contributed by atoms with van der Waals surface area (Å²) >= 11 is 0. The standard InChI is InChI=1S/C10H20N4O4/c11-4-2-1-3-6(12)9(16)14-7(10(17)18)5-8(13)15/h6-7H,1-5,11-12H2,(H2,13,15)(H,14,16)(H,17,18). The van der Waals surface area contributed by atoms with E-state index in [4.69, 9.17) is 22.3 Å². The van der Waals surface area contributed by atoms with Gasteiger partial charge in [-0.1, -0.05) is 6.42 Å². The fourth-order valence-corrected chi connectivity index (χ4v) is 1.32. The van der Waals surface area contributed by atoms with Crippen molar-refractivity contribution in [2.45, 2.75) is 37.8 Å². The van der Waals surface area contributed by atoms with Gasteiger partial charge in [0.15, 0.2) is 0 Å². The second-order valence-electron chi connectivity index (χ2n) is 3.96. The lowest BCUT2D eigenvalue weighted by molar-refractivity contribution is -0.143. The lowest BCUT2D eigenvalue weighted by Crippen LogP contribution is -2.49. The zero-order valence-corrected chi connectivity index (χ0v) is 10.1. The molecule has 0 heterocycles. The molecule has 8 N–H and O–H groups in total. The fourth-order valence-electron chi connectivity index (χ4n) is 1.32. The van der Waals surface area contributed by atoms with Crippen LogP contribution in [0.5, 0.6) is 0 Å². The van der Waals surface area contributed by atoms with Gasteiger partial charge in [0, 0.05) is 0 Å². The Morgan fingerprint density at radius 3 is 2.28 bits per heavy atom. The van der Waals surface area contributed by atoms with Crippen LogP contribution in [0.25, 0.3) is 0 Å². The van der Waals surface area contributed by atoms with Gasteiger partial charge >= 0.3 is 5.97 Å². The summed E-state index contributed by atoms with van der Waals surface area (Å²) in [6.45, 7) is 0.508. The second kappa shape index (κ2) is 8.43. The van der Waals surface area contributed by atoms with E-state index in [0.29, 0.717) is 19.4 Å². The minimum Gasteiger partial charge on any atom is -0.480 e. The van der Waals surface area contributed by atoms with Crippen LogP contribution in [-0.4, -0.2) is 41.5 Å². The number of hydrogen-bond acceptors (Lipinski definition) is 5. The van der Waals surface area contributed by atoms with Crippen LogP contribution in [0.15, 0.2) is 0 Å². The number of nitrogens with one attached hydrogen (secondary N) is 1. The van der Waals surface area contributed by atoms with Crippen LogP contribution in [0.1, 0.15) is 25.7 Å².